The number of rotatable bonds is 6. The predicted octanol–water partition coefficient (Wildman–Crippen LogP) is 6.81. The van der Waals surface area contributed by atoms with Gasteiger partial charge < -0.3 is 10.2 Å². The van der Waals surface area contributed by atoms with E-state index >= 15 is 4.79 Å². The van der Waals surface area contributed by atoms with E-state index in [9.17, 15) is 24.6 Å². The first kappa shape index (κ1) is 32.3. The van der Waals surface area contributed by atoms with Crippen LogP contribution >= 0.6 is 23.2 Å². The van der Waals surface area contributed by atoms with Crippen LogP contribution in [0.1, 0.15) is 35.4 Å². The molecule has 6 unspecified atom stereocenters. The molecule has 2 aliphatic carbocycles. The molecule has 8 nitrogen and oxygen atoms in total. The quantitative estimate of drug-likeness (QED) is 0.168. The molecule has 0 bridgehead atoms. The van der Waals surface area contributed by atoms with Gasteiger partial charge in [0, 0.05) is 28.1 Å². The zero-order valence-corrected chi connectivity index (χ0v) is 28.2. The summed E-state index contributed by atoms with van der Waals surface area (Å²) in [5.41, 5.74) is 1.39. The third-order valence-corrected chi connectivity index (χ3v) is 11.6. The van der Waals surface area contributed by atoms with Crippen molar-refractivity contribution in [1.29, 1.82) is 0 Å². The van der Waals surface area contributed by atoms with Gasteiger partial charge in [0.2, 0.25) is 23.6 Å². The molecule has 50 heavy (non-hydrogen) atoms. The zero-order valence-electron chi connectivity index (χ0n) is 26.7. The van der Waals surface area contributed by atoms with Gasteiger partial charge >= 0.3 is 0 Å². The Labute approximate surface area is 298 Å². The fraction of sp³-hybridized carbons (Fsp3) is 0.250. The van der Waals surface area contributed by atoms with Gasteiger partial charge in [-0.3, -0.25) is 24.1 Å². The van der Waals surface area contributed by atoms with Crippen molar-refractivity contribution in [2.45, 2.75) is 30.6 Å². The van der Waals surface area contributed by atoms with Crippen molar-refractivity contribution in [1.82, 2.24) is 4.90 Å². The number of phenols is 2. The van der Waals surface area contributed by atoms with Crippen LogP contribution in [0.2, 0.25) is 10.0 Å². The van der Waals surface area contributed by atoms with Crippen molar-refractivity contribution < 1.29 is 29.4 Å². The van der Waals surface area contributed by atoms with Gasteiger partial charge in [-0.05, 0) is 84.8 Å². The summed E-state index contributed by atoms with van der Waals surface area (Å²) >= 11 is 12.9. The van der Waals surface area contributed by atoms with Crippen LogP contribution in [0.3, 0.4) is 0 Å². The van der Waals surface area contributed by atoms with E-state index in [-0.39, 0.29) is 42.7 Å². The summed E-state index contributed by atoms with van der Waals surface area (Å²) in [4.78, 5) is 60.8. The summed E-state index contributed by atoms with van der Waals surface area (Å²) in [5.74, 6) is -5.20. The fourth-order valence-corrected chi connectivity index (χ4v) is 9.40. The maximum Gasteiger partial charge on any atom is 0.246 e. The van der Waals surface area contributed by atoms with Gasteiger partial charge in [-0.25, -0.2) is 4.90 Å². The molecule has 2 N–H and O–H groups in total. The minimum absolute atomic E-state index is 0.0945. The summed E-state index contributed by atoms with van der Waals surface area (Å²) in [6.45, 7) is 0.174. The Morgan fingerprint density at radius 2 is 1.50 bits per heavy atom. The van der Waals surface area contributed by atoms with E-state index in [0.29, 0.717) is 33.3 Å². The second kappa shape index (κ2) is 12.1. The number of carbonyl (C=O) groups is 4. The first-order valence-corrected chi connectivity index (χ1v) is 17.4. The Kier molecular flexibility index (Phi) is 7.84. The Balaban J connectivity index is 1.29. The van der Waals surface area contributed by atoms with Crippen LogP contribution in [0.25, 0.3) is 0 Å². The maximum absolute atomic E-state index is 15.3. The van der Waals surface area contributed by atoms with Crippen LogP contribution < -0.4 is 4.90 Å². The standard InChI is InChI=1S/C40H32Cl2N2O6/c41-24-7-4-8-26(19-24)44-37(48)32-21-30-28(14-15-29-34(30)38(49)43(36(29)47)18-17-22-9-12-27(45)13-10-22)35(31-20-25(42)11-16-33(31)46)40(32,39(44)50)23-5-2-1-3-6-23/h1-14,16,19-20,29-30,32,34-35,45-46H,15,17-18,21H2. The Morgan fingerprint density at radius 3 is 2.24 bits per heavy atom. The number of anilines is 1. The third-order valence-electron chi connectivity index (χ3n) is 11.1. The van der Waals surface area contributed by atoms with Crippen LogP contribution in [0, 0.1) is 23.7 Å². The molecule has 1 saturated carbocycles. The van der Waals surface area contributed by atoms with Gasteiger partial charge in [0.05, 0.1) is 28.9 Å². The van der Waals surface area contributed by atoms with Crippen molar-refractivity contribution in [3.63, 3.8) is 0 Å². The fourth-order valence-electron chi connectivity index (χ4n) is 9.03. The van der Waals surface area contributed by atoms with Crippen molar-refractivity contribution in [3.8, 4) is 11.5 Å². The topological polar surface area (TPSA) is 115 Å². The summed E-state index contributed by atoms with van der Waals surface area (Å²) in [7, 11) is 0. The molecule has 252 valence electrons. The van der Waals surface area contributed by atoms with Crippen molar-refractivity contribution in [2.24, 2.45) is 23.7 Å². The summed E-state index contributed by atoms with van der Waals surface area (Å²) in [6, 6.07) is 27.0. The molecule has 0 radical (unpaired) electrons. The lowest BCUT2D eigenvalue weighted by Gasteiger charge is -2.50. The highest BCUT2D eigenvalue weighted by atomic mass is 35.5. The summed E-state index contributed by atoms with van der Waals surface area (Å²) in [6.07, 6.45) is 2.78. The number of hydrogen-bond acceptors (Lipinski definition) is 6. The average molecular weight is 708 g/mol. The highest BCUT2D eigenvalue weighted by Gasteiger charge is 2.70. The number of benzene rings is 4. The van der Waals surface area contributed by atoms with Crippen LogP contribution in [-0.2, 0) is 31.0 Å². The minimum Gasteiger partial charge on any atom is -0.508 e. The largest absolute Gasteiger partial charge is 0.508 e. The smallest absolute Gasteiger partial charge is 0.246 e. The minimum atomic E-state index is -1.51. The number of phenolic OH excluding ortho intramolecular Hbond substituents is 2. The van der Waals surface area contributed by atoms with Gasteiger partial charge in [0.1, 0.15) is 11.5 Å². The van der Waals surface area contributed by atoms with Crippen LogP contribution in [0.15, 0.2) is 109 Å². The van der Waals surface area contributed by atoms with Crippen LogP contribution in [-0.4, -0.2) is 45.3 Å². The van der Waals surface area contributed by atoms with E-state index in [4.69, 9.17) is 23.2 Å². The number of halogens is 2. The zero-order chi connectivity index (χ0) is 34.9. The van der Waals surface area contributed by atoms with Gasteiger partial charge in [0.25, 0.3) is 0 Å². The Morgan fingerprint density at radius 1 is 0.760 bits per heavy atom. The molecule has 4 amide bonds. The SMILES string of the molecule is O=C1C2CC=C3C(CC4C(=O)N(c5cccc(Cl)c5)C(=O)C4(c4ccccc4)C3c3cc(Cl)ccc3O)C2C(=O)N1CCc1ccc(O)cc1. The van der Waals surface area contributed by atoms with E-state index in [1.54, 1.807) is 60.7 Å². The number of fused-ring (bicyclic) bond motifs is 4. The molecule has 4 aliphatic rings. The number of allylic oxidation sites excluding steroid dienone is 2. The predicted molar refractivity (Wildman–Crippen MR) is 188 cm³/mol. The molecule has 10 heteroatoms. The lowest BCUT2D eigenvalue weighted by Crippen LogP contribution is -2.53. The first-order chi connectivity index (χ1) is 24.1. The third kappa shape index (κ3) is 4.80. The molecule has 8 rings (SSSR count). The number of carbonyl (C=O) groups excluding carboxylic acids is 4. The Bertz CT molecular complexity index is 2100. The first-order valence-electron chi connectivity index (χ1n) is 16.6. The van der Waals surface area contributed by atoms with Crippen molar-refractivity contribution in [3.05, 3.63) is 135 Å². The lowest BCUT2D eigenvalue weighted by atomic mass is 9.49. The van der Waals surface area contributed by atoms with E-state index in [0.717, 1.165) is 11.1 Å². The molecule has 2 heterocycles. The van der Waals surface area contributed by atoms with E-state index in [1.807, 2.05) is 36.4 Å². The van der Waals surface area contributed by atoms with Crippen molar-refractivity contribution in [2.75, 3.05) is 11.4 Å². The van der Waals surface area contributed by atoms with E-state index in [2.05, 4.69) is 0 Å². The molecule has 4 aromatic rings. The number of nitrogens with zero attached hydrogens (tertiary/aromatic N) is 2. The molecule has 0 aromatic heterocycles. The highest BCUT2D eigenvalue weighted by molar-refractivity contribution is 6.32. The second-order valence-electron chi connectivity index (χ2n) is 13.5. The molecule has 2 saturated heterocycles. The van der Waals surface area contributed by atoms with Crippen LogP contribution in [0.5, 0.6) is 11.5 Å². The molecular formula is C40H32Cl2N2O6. The number of imide groups is 2. The number of hydrogen-bond donors (Lipinski definition) is 2. The summed E-state index contributed by atoms with van der Waals surface area (Å²) in [5, 5.41) is 21.9. The van der Waals surface area contributed by atoms with Gasteiger partial charge in [-0.1, -0.05) is 83.4 Å². The molecule has 4 aromatic carbocycles. The van der Waals surface area contributed by atoms with Gasteiger partial charge in [-0.15, -0.1) is 0 Å². The number of aromatic hydroxyl groups is 2. The van der Waals surface area contributed by atoms with Crippen molar-refractivity contribution >= 4 is 52.5 Å². The number of amides is 4. The molecule has 0 spiro atoms. The molecular weight excluding hydrogens is 675 g/mol. The van der Waals surface area contributed by atoms with E-state index in [1.165, 1.54) is 15.9 Å². The monoisotopic (exact) mass is 706 g/mol. The van der Waals surface area contributed by atoms with Gasteiger partial charge in [-0.2, -0.15) is 0 Å². The molecule has 3 fully saturated rings. The van der Waals surface area contributed by atoms with Gasteiger partial charge in [0.15, 0.2) is 0 Å². The van der Waals surface area contributed by atoms with Crippen LogP contribution in [0.4, 0.5) is 5.69 Å². The molecule has 6 atom stereocenters. The lowest BCUT2D eigenvalue weighted by molar-refractivity contribution is -0.140. The second-order valence-corrected chi connectivity index (χ2v) is 14.4. The maximum atomic E-state index is 15.3. The highest BCUT2D eigenvalue weighted by Crippen LogP contribution is 2.65. The normalized spacial score (nSPS) is 27.2. The Hall–Kier alpha value is -4.92. The average Bonchev–Trinajstić information content (AvgIpc) is 3.50. The molecule has 2 aliphatic heterocycles. The summed E-state index contributed by atoms with van der Waals surface area (Å²) < 4.78 is 0. The van der Waals surface area contributed by atoms with E-state index < -0.39 is 46.8 Å². The number of likely N-dealkylation sites (tertiary alicyclic amines) is 1.